The second kappa shape index (κ2) is 13.4. The number of carbonyl (C=O) groups is 1. The molecule has 15 heteroatoms. The zero-order valence-corrected chi connectivity index (χ0v) is 22.7. The molecule has 39 heavy (non-hydrogen) atoms. The molecule has 2 heterocycles. The molecule has 0 radical (unpaired) electrons. The van der Waals surface area contributed by atoms with E-state index in [1.165, 1.54) is 19.2 Å². The number of aryl methyl sites for hydroxylation is 1. The van der Waals surface area contributed by atoms with E-state index in [2.05, 4.69) is 10.1 Å². The first-order chi connectivity index (χ1) is 18.5. The number of carbonyl (C=O) groups excluding carboxylic acids is 1. The fourth-order valence-corrected chi connectivity index (χ4v) is 4.40. The van der Waals surface area contributed by atoms with Gasteiger partial charge < -0.3 is 30.2 Å². The molecule has 1 aliphatic rings. The molecule has 5 N–H and O–H groups in total. The molecule has 0 spiro atoms. The Morgan fingerprint density at radius 2 is 2.08 bits per heavy atom. The molecule has 7 unspecified atom stereocenters. The van der Waals surface area contributed by atoms with Crippen LogP contribution < -0.4 is 11.4 Å². The molecule has 0 aliphatic carbocycles. The number of aliphatic hydroxyl groups excluding tert-OH is 2. The van der Waals surface area contributed by atoms with Crippen molar-refractivity contribution >= 4 is 20.4 Å². The predicted molar refractivity (Wildman–Crippen MR) is 137 cm³/mol. The number of ether oxygens (including phenoxy) is 2. The predicted octanol–water partition coefficient (Wildman–Crippen LogP) is 1.58. The second-order valence-corrected chi connectivity index (χ2v) is 10.5. The van der Waals surface area contributed by atoms with Crippen molar-refractivity contribution in [3.8, 4) is 0 Å². The smallest absolute Gasteiger partial charge is 0.387 e. The number of hydrogen-bond acceptors (Lipinski definition) is 13. The highest BCUT2D eigenvalue weighted by atomic mass is 31.1. The molecule has 1 saturated heterocycles. The summed E-state index contributed by atoms with van der Waals surface area (Å²) in [5.74, 6) is 0.000630. The standard InChI is InChI=1S/C24H32N5O9P/c1-14-4-5-16(8-15(2)35-13-24(3,12-30)28-26)9-17(14)10-36-39(34)37-11-18-20(31)21(32)22(38-18)29-7-6-19(25)27-23(29)33/h4-7,9,12,15,18,20-22,26,31-32H,8,10-11,13H2,1-3H3,(H-,25,27,33)/p+1. The van der Waals surface area contributed by atoms with Crippen LogP contribution in [0.1, 0.15) is 36.8 Å². The van der Waals surface area contributed by atoms with Crippen molar-refractivity contribution in [2.45, 2.75) is 70.0 Å². The number of aromatic nitrogens is 2. The highest BCUT2D eigenvalue weighted by Crippen LogP contribution is 2.33. The molecule has 1 aliphatic heterocycles. The third-order valence-electron chi connectivity index (χ3n) is 6.24. The third kappa shape index (κ3) is 8.02. The van der Waals surface area contributed by atoms with E-state index in [0.717, 1.165) is 21.3 Å². The number of nitrogens with one attached hydrogen (secondary N) is 1. The molecule has 14 nitrogen and oxygen atoms in total. The number of aldehydes is 1. The van der Waals surface area contributed by atoms with Crippen molar-refractivity contribution < 1.29 is 38.1 Å². The molecular weight excluding hydrogens is 533 g/mol. The van der Waals surface area contributed by atoms with Crippen molar-refractivity contribution in [1.82, 2.24) is 9.55 Å². The molecule has 1 fully saturated rings. The van der Waals surface area contributed by atoms with Gasteiger partial charge in [0.25, 0.3) is 0 Å². The van der Waals surface area contributed by atoms with Crippen LogP contribution in [-0.4, -0.2) is 69.2 Å². The minimum Gasteiger partial charge on any atom is -0.387 e. The van der Waals surface area contributed by atoms with Gasteiger partial charge >= 0.3 is 13.9 Å². The molecule has 0 saturated carbocycles. The van der Waals surface area contributed by atoms with Gasteiger partial charge in [-0.1, -0.05) is 18.2 Å². The highest BCUT2D eigenvalue weighted by Gasteiger charge is 2.45. The normalized spacial score (nSPS) is 23.7. The molecule has 7 atom stereocenters. The Kier molecular flexibility index (Phi) is 10.5. The lowest BCUT2D eigenvalue weighted by atomic mass is 10.0. The molecule has 212 valence electrons. The van der Waals surface area contributed by atoms with Gasteiger partial charge in [0.2, 0.25) is 0 Å². The van der Waals surface area contributed by atoms with Gasteiger partial charge in [0.1, 0.15) is 37.3 Å². The number of nitrogens with zero attached hydrogens (tertiary/aromatic N) is 3. The lowest BCUT2D eigenvalue weighted by molar-refractivity contribution is -0.114. The lowest BCUT2D eigenvalue weighted by Crippen LogP contribution is -2.36. The summed E-state index contributed by atoms with van der Waals surface area (Å²) < 4.78 is 35.2. The minimum absolute atomic E-state index is 0.000630. The van der Waals surface area contributed by atoms with Gasteiger partial charge in [0.05, 0.1) is 12.7 Å². The fourth-order valence-electron chi connectivity index (χ4n) is 3.81. The maximum absolute atomic E-state index is 12.4. The zero-order chi connectivity index (χ0) is 28.7. The van der Waals surface area contributed by atoms with Crippen LogP contribution >= 0.6 is 8.25 Å². The van der Waals surface area contributed by atoms with Crippen molar-refractivity contribution in [2.24, 2.45) is 5.11 Å². The molecular formula is C24H33N5O9P+. The van der Waals surface area contributed by atoms with Gasteiger partial charge in [-0.3, -0.25) is 4.57 Å². The molecule has 1 aromatic heterocycles. The quantitative estimate of drug-likeness (QED) is 0.147. The Bertz CT molecular complexity index is 1230. The van der Waals surface area contributed by atoms with Crippen molar-refractivity contribution in [1.29, 1.82) is 5.53 Å². The van der Waals surface area contributed by atoms with Gasteiger partial charge in [-0.2, -0.15) is 10.1 Å². The van der Waals surface area contributed by atoms with E-state index in [-0.39, 0.29) is 31.7 Å². The van der Waals surface area contributed by atoms with Crippen LogP contribution in [0, 0.1) is 12.5 Å². The van der Waals surface area contributed by atoms with E-state index in [1.807, 2.05) is 32.0 Å². The first-order valence-electron chi connectivity index (χ1n) is 12.1. The molecule has 2 aromatic rings. The summed E-state index contributed by atoms with van der Waals surface area (Å²) in [5, 5.41) is 23.9. The summed E-state index contributed by atoms with van der Waals surface area (Å²) in [4.78, 5) is 26.7. The molecule has 1 aromatic carbocycles. The van der Waals surface area contributed by atoms with E-state index >= 15 is 0 Å². The molecule has 0 amide bonds. The van der Waals surface area contributed by atoms with Crippen LogP contribution in [0.2, 0.25) is 0 Å². The van der Waals surface area contributed by atoms with Crippen LogP contribution in [0.15, 0.2) is 40.4 Å². The summed E-state index contributed by atoms with van der Waals surface area (Å²) in [7, 11) is -2.60. The van der Waals surface area contributed by atoms with Crippen molar-refractivity contribution in [3.63, 3.8) is 0 Å². The van der Waals surface area contributed by atoms with Gasteiger partial charge in [0.15, 0.2) is 18.1 Å². The number of hydrogen-bond donors (Lipinski definition) is 4. The third-order valence-corrected chi connectivity index (χ3v) is 6.94. The van der Waals surface area contributed by atoms with Crippen molar-refractivity contribution in [2.75, 3.05) is 18.9 Å². The SMILES string of the molecule is Cc1ccc(CC(C)OCC(C)(C=O)N=N)cc1CO[P+](=O)OCC1OC(n2ccc(N)nc2=O)C(O)C1O. The summed E-state index contributed by atoms with van der Waals surface area (Å²) in [6, 6.07) is 7.05. The van der Waals surface area contributed by atoms with E-state index in [0.29, 0.717) is 12.7 Å². The Morgan fingerprint density at radius 3 is 2.74 bits per heavy atom. The number of benzene rings is 1. The van der Waals surface area contributed by atoms with Crippen LogP contribution in [0.25, 0.3) is 0 Å². The second-order valence-electron chi connectivity index (χ2n) is 9.55. The maximum atomic E-state index is 12.4. The largest absolute Gasteiger partial charge is 0.697 e. The van der Waals surface area contributed by atoms with Gasteiger partial charge in [-0.05, 0) is 49.9 Å². The monoisotopic (exact) mass is 566 g/mol. The summed E-state index contributed by atoms with van der Waals surface area (Å²) >= 11 is 0. The van der Waals surface area contributed by atoms with E-state index in [9.17, 15) is 24.4 Å². The Hall–Kier alpha value is -2.97. The van der Waals surface area contributed by atoms with Crippen LogP contribution in [0.4, 0.5) is 5.82 Å². The molecule has 3 rings (SSSR count). The van der Waals surface area contributed by atoms with Gasteiger partial charge in [0, 0.05) is 10.8 Å². The average molecular weight is 567 g/mol. The first-order valence-corrected chi connectivity index (χ1v) is 13.2. The maximum Gasteiger partial charge on any atom is 0.697 e. The number of aliphatic hydroxyl groups is 2. The molecule has 0 bridgehead atoms. The first kappa shape index (κ1) is 30.6. The summed E-state index contributed by atoms with van der Waals surface area (Å²) in [5.41, 5.74) is 13.2. The van der Waals surface area contributed by atoms with Crippen LogP contribution in [0.3, 0.4) is 0 Å². The van der Waals surface area contributed by atoms with E-state index in [4.69, 9.17) is 29.8 Å². The number of anilines is 1. The Labute approximate surface area is 225 Å². The van der Waals surface area contributed by atoms with Crippen LogP contribution in [-0.2, 0) is 40.9 Å². The number of rotatable bonds is 14. The highest BCUT2D eigenvalue weighted by molar-refractivity contribution is 7.33. The van der Waals surface area contributed by atoms with E-state index < -0.39 is 44.0 Å². The summed E-state index contributed by atoms with van der Waals surface area (Å²) in [6.45, 7) is 4.85. The fraction of sp³-hybridized carbons (Fsp3) is 0.542. The number of nitrogens with two attached hydrogens (primary N) is 1. The minimum atomic E-state index is -2.60. The van der Waals surface area contributed by atoms with Gasteiger partial charge in [-0.15, -0.1) is 9.05 Å². The van der Waals surface area contributed by atoms with Crippen molar-refractivity contribution in [3.05, 3.63) is 57.6 Å². The van der Waals surface area contributed by atoms with Crippen LogP contribution in [0.5, 0.6) is 0 Å². The van der Waals surface area contributed by atoms with Gasteiger partial charge in [-0.25, -0.2) is 10.3 Å². The Balaban J connectivity index is 1.50. The van der Waals surface area contributed by atoms with E-state index in [1.54, 1.807) is 0 Å². The lowest BCUT2D eigenvalue weighted by Gasteiger charge is -2.20. The Morgan fingerprint density at radius 1 is 1.33 bits per heavy atom. The zero-order valence-electron chi connectivity index (χ0n) is 21.8. The summed E-state index contributed by atoms with van der Waals surface area (Å²) in [6.07, 6.45) is -3.02. The topological polar surface area (TPSA) is 209 Å². The average Bonchev–Trinajstić information content (AvgIpc) is 3.19. The number of nitrogen functional groups attached to an aromatic ring is 1.